The van der Waals surface area contributed by atoms with E-state index in [9.17, 15) is 4.79 Å². The average molecular weight is 279 g/mol. The monoisotopic (exact) mass is 278 g/mol. The van der Waals surface area contributed by atoms with Crippen LogP contribution in [0.3, 0.4) is 0 Å². The Morgan fingerprint density at radius 1 is 1.37 bits per heavy atom. The van der Waals surface area contributed by atoms with Gasteiger partial charge >= 0.3 is 0 Å². The third kappa shape index (κ3) is 3.54. The summed E-state index contributed by atoms with van der Waals surface area (Å²) in [6, 6.07) is 9.79. The van der Waals surface area contributed by atoms with Crippen LogP contribution in [0.25, 0.3) is 0 Å². The molecule has 1 aromatic carbocycles. The van der Waals surface area contributed by atoms with Crippen LogP contribution in [0.5, 0.6) is 0 Å². The number of carbonyl (C=O) groups is 1. The van der Waals surface area contributed by atoms with Gasteiger partial charge in [-0.15, -0.1) is 16.7 Å². The largest absolute Gasteiger partial charge is 0.332 e. The first-order chi connectivity index (χ1) is 9.20. The molecule has 1 heterocycles. The van der Waals surface area contributed by atoms with E-state index in [-0.39, 0.29) is 5.91 Å². The third-order valence-corrected chi connectivity index (χ3v) is 2.85. The lowest BCUT2D eigenvalue weighted by molar-refractivity contribution is 0.0747. The number of amides is 1. The number of aryl methyl sites for hydroxylation is 1. The second-order valence-electron chi connectivity index (χ2n) is 4.18. The van der Waals surface area contributed by atoms with Gasteiger partial charge in [0, 0.05) is 26.0 Å². The topological polar surface area (TPSA) is 51.0 Å². The van der Waals surface area contributed by atoms with E-state index in [0.717, 1.165) is 5.56 Å². The minimum absolute atomic E-state index is 0.155. The lowest BCUT2D eigenvalue weighted by Crippen LogP contribution is -2.32. The maximum absolute atomic E-state index is 12.3. The normalized spacial score (nSPS) is 10.4. The molecule has 2 aromatic rings. The second-order valence-corrected chi connectivity index (χ2v) is 4.56. The smallest absolute Gasteiger partial charge is 0.276 e. The highest BCUT2D eigenvalue weighted by Crippen LogP contribution is 2.08. The summed E-state index contributed by atoms with van der Waals surface area (Å²) >= 11 is 5.76. The molecule has 0 N–H and O–H groups in total. The van der Waals surface area contributed by atoms with Gasteiger partial charge in [-0.05, 0) is 5.56 Å². The zero-order chi connectivity index (χ0) is 13.7. The number of nitrogens with zero attached hydrogens (tertiary/aromatic N) is 4. The lowest BCUT2D eigenvalue weighted by atomic mass is 10.2. The van der Waals surface area contributed by atoms with Gasteiger partial charge in [-0.25, -0.2) is 0 Å². The van der Waals surface area contributed by atoms with Crippen molar-refractivity contribution in [1.29, 1.82) is 0 Å². The van der Waals surface area contributed by atoms with E-state index in [1.807, 2.05) is 30.3 Å². The molecule has 0 aliphatic carbocycles. The molecule has 1 amide bonds. The SMILES string of the molecule is Cn1cc(C(=O)N(CCCl)Cc2ccccc2)nn1. The molecule has 0 bridgehead atoms. The fourth-order valence-electron chi connectivity index (χ4n) is 1.77. The number of aromatic nitrogens is 3. The molecular formula is C13H15ClN4O. The summed E-state index contributed by atoms with van der Waals surface area (Å²) in [5.74, 6) is 0.233. The van der Waals surface area contributed by atoms with Crippen LogP contribution in [0, 0.1) is 0 Å². The van der Waals surface area contributed by atoms with Crippen LogP contribution in [0.2, 0.25) is 0 Å². The van der Waals surface area contributed by atoms with Crippen molar-refractivity contribution < 1.29 is 4.79 Å². The Morgan fingerprint density at radius 2 is 2.11 bits per heavy atom. The molecule has 1 aromatic heterocycles. The summed E-state index contributed by atoms with van der Waals surface area (Å²) in [6.07, 6.45) is 1.61. The highest BCUT2D eigenvalue weighted by Gasteiger charge is 2.18. The van der Waals surface area contributed by atoms with Crippen LogP contribution in [0.15, 0.2) is 36.5 Å². The summed E-state index contributed by atoms with van der Waals surface area (Å²) in [5, 5.41) is 7.61. The molecule has 19 heavy (non-hydrogen) atoms. The number of hydrogen-bond donors (Lipinski definition) is 0. The van der Waals surface area contributed by atoms with Crippen LogP contribution in [0.4, 0.5) is 0 Å². The molecule has 0 aliphatic rings. The molecular weight excluding hydrogens is 264 g/mol. The number of alkyl halides is 1. The van der Waals surface area contributed by atoms with Gasteiger partial charge in [-0.2, -0.15) is 0 Å². The maximum Gasteiger partial charge on any atom is 0.276 e. The summed E-state index contributed by atoms with van der Waals surface area (Å²) in [7, 11) is 1.73. The van der Waals surface area contributed by atoms with Crippen molar-refractivity contribution in [2.45, 2.75) is 6.54 Å². The number of benzene rings is 1. The number of halogens is 1. The van der Waals surface area contributed by atoms with Crippen molar-refractivity contribution in [3.8, 4) is 0 Å². The Morgan fingerprint density at radius 3 is 2.68 bits per heavy atom. The van der Waals surface area contributed by atoms with Crippen molar-refractivity contribution in [2.75, 3.05) is 12.4 Å². The predicted molar refractivity (Wildman–Crippen MR) is 72.9 cm³/mol. The summed E-state index contributed by atoms with van der Waals surface area (Å²) in [6.45, 7) is 0.995. The summed E-state index contributed by atoms with van der Waals surface area (Å²) in [5.41, 5.74) is 1.40. The van der Waals surface area contributed by atoms with Gasteiger partial charge in [0.1, 0.15) is 0 Å². The summed E-state index contributed by atoms with van der Waals surface area (Å²) < 4.78 is 1.51. The Bertz CT molecular complexity index is 541. The van der Waals surface area contributed by atoms with Gasteiger partial charge in [-0.1, -0.05) is 35.5 Å². The highest BCUT2D eigenvalue weighted by atomic mass is 35.5. The van der Waals surface area contributed by atoms with E-state index in [1.165, 1.54) is 4.68 Å². The first kappa shape index (κ1) is 13.5. The van der Waals surface area contributed by atoms with Crippen molar-refractivity contribution in [2.24, 2.45) is 7.05 Å². The lowest BCUT2D eigenvalue weighted by Gasteiger charge is -2.20. The molecule has 100 valence electrons. The minimum Gasteiger partial charge on any atom is -0.332 e. The van der Waals surface area contributed by atoms with Crippen molar-refractivity contribution >= 4 is 17.5 Å². The minimum atomic E-state index is -0.155. The number of rotatable bonds is 5. The molecule has 0 saturated carbocycles. The van der Waals surface area contributed by atoms with Crippen LogP contribution < -0.4 is 0 Å². The molecule has 0 spiro atoms. The van der Waals surface area contributed by atoms with E-state index in [4.69, 9.17) is 11.6 Å². The number of carbonyl (C=O) groups excluding carboxylic acids is 1. The zero-order valence-corrected chi connectivity index (χ0v) is 11.4. The molecule has 0 unspecified atom stereocenters. The van der Waals surface area contributed by atoms with Gasteiger partial charge in [0.2, 0.25) is 0 Å². The number of hydrogen-bond acceptors (Lipinski definition) is 3. The first-order valence-corrected chi connectivity index (χ1v) is 6.49. The van der Waals surface area contributed by atoms with Crippen LogP contribution >= 0.6 is 11.6 Å². The standard InChI is InChI=1S/C13H15ClN4O/c1-17-10-12(15-16-17)13(19)18(8-7-14)9-11-5-3-2-4-6-11/h2-6,10H,7-9H2,1H3. The quantitative estimate of drug-likeness (QED) is 0.782. The second kappa shape index (κ2) is 6.33. The van der Waals surface area contributed by atoms with Gasteiger partial charge in [0.25, 0.3) is 5.91 Å². The van der Waals surface area contributed by atoms with E-state index < -0.39 is 0 Å². The van der Waals surface area contributed by atoms with Crippen molar-refractivity contribution in [1.82, 2.24) is 19.9 Å². The Balaban J connectivity index is 2.13. The van der Waals surface area contributed by atoms with Gasteiger partial charge in [0.15, 0.2) is 5.69 Å². The molecule has 0 fully saturated rings. The molecule has 5 nitrogen and oxygen atoms in total. The van der Waals surface area contributed by atoms with Gasteiger partial charge < -0.3 is 4.90 Å². The Kier molecular flexibility index (Phi) is 4.52. The Labute approximate surface area is 116 Å². The van der Waals surface area contributed by atoms with E-state index in [2.05, 4.69) is 10.3 Å². The Hall–Kier alpha value is -1.88. The molecule has 2 rings (SSSR count). The highest BCUT2D eigenvalue weighted by molar-refractivity contribution is 6.18. The fraction of sp³-hybridized carbons (Fsp3) is 0.308. The van der Waals surface area contributed by atoms with Crippen molar-refractivity contribution in [3.63, 3.8) is 0 Å². The van der Waals surface area contributed by atoms with Gasteiger partial charge in [0.05, 0.1) is 6.20 Å². The van der Waals surface area contributed by atoms with Gasteiger partial charge in [-0.3, -0.25) is 9.48 Å². The predicted octanol–water partition coefficient (Wildman–Crippen LogP) is 1.70. The van der Waals surface area contributed by atoms with Crippen molar-refractivity contribution in [3.05, 3.63) is 47.8 Å². The molecule has 0 atom stereocenters. The third-order valence-electron chi connectivity index (χ3n) is 2.68. The fourth-order valence-corrected chi connectivity index (χ4v) is 1.97. The average Bonchev–Trinajstić information content (AvgIpc) is 2.85. The zero-order valence-electron chi connectivity index (χ0n) is 10.7. The van der Waals surface area contributed by atoms with Crippen LogP contribution in [-0.2, 0) is 13.6 Å². The summed E-state index contributed by atoms with van der Waals surface area (Å²) in [4.78, 5) is 14.0. The molecule has 0 saturated heterocycles. The van der Waals surface area contributed by atoms with E-state index in [0.29, 0.717) is 24.7 Å². The molecule has 6 heteroatoms. The van der Waals surface area contributed by atoms with Crippen LogP contribution in [-0.4, -0.2) is 38.2 Å². The van der Waals surface area contributed by atoms with E-state index in [1.54, 1.807) is 18.1 Å². The van der Waals surface area contributed by atoms with Crippen LogP contribution in [0.1, 0.15) is 16.1 Å². The maximum atomic E-state index is 12.3. The molecule has 0 radical (unpaired) electrons. The van der Waals surface area contributed by atoms with E-state index >= 15 is 0 Å². The first-order valence-electron chi connectivity index (χ1n) is 5.96. The molecule has 0 aliphatic heterocycles.